The zero-order valence-electron chi connectivity index (χ0n) is 20.4. The van der Waals surface area contributed by atoms with Gasteiger partial charge in [0.2, 0.25) is 0 Å². The molecule has 0 spiro atoms. The number of benzene rings is 3. The first-order chi connectivity index (χ1) is 17.7. The fourth-order valence-corrected chi connectivity index (χ4v) is 4.37. The summed E-state index contributed by atoms with van der Waals surface area (Å²) in [5.41, 5.74) is 3.06. The van der Waals surface area contributed by atoms with Crippen molar-refractivity contribution in [3.05, 3.63) is 83.8 Å². The van der Waals surface area contributed by atoms with Gasteiger partial charge in [0.25, 0.3) is 11.8 Å². The van der Waals surface area contributed by atoms with Crippen LogP contribution in [-0.2, 0) is 0 Å². The number of aromatic nitrogens is 1. The Balaban J connectivity index is 1.73. The van der Waals surface area contributed by atoms with Gasteiger partial charge in [-0.05, 0) is 67.9 Å². The molecule has 184 valence electrons. The van der Waals surface area contributed by atoms with Crippen molar-refractivity contribution in [2.75, 3.05) is 7.05 Å². The Bertz CT molecular complexity index is 1720. The van der Waals surface area contributed by atoms with Gasteiger partial charge in [0.15, 0.2) is 0 Å². The highest BCUT2D eigenvalue weighted by atomic mass is 19.1. The third-order valence-electron chi connectivity index (χ3n) is 6.20. The standard InChI is InChI=1S/C29H23FN4O3/c1-29(2,15-31)34-27(35)18-6-4-5-17(13-18)21-14-22-23(28(36)32-3)25(16-7-9-19(30)10-8-16)37-26(22)20-11-12-33-24(20)21/h4-14,33H,1-3H3,(H,32,36)(H,34,35). The van der Waals surface area contributed by atoms with Crippen molar-refractivity contribution in [2.45, 2.75) is 19.4 Å². The number of fused-ring (bicyclic) bond motifs is 3. The van der Waals surface area contributed by atoms with Crippen LogP contribution in [0.2, 0.25) is 0 Å². The summed E-state index contributed by atoms with van der Waals surface area (Å²) >= 11 is 0. The Labute approximate surface area is 211 Å². The summed E-state index contributed by atoms with van der Waals surface area (Å²) in [4.78, 5) is 29.1. The second-order valence-electron chi connectivity index (χ2n) is 9.23. The number of aromatic amines is 1. The van der Waals surface area contributed by atoms with E-state index in [-0.39, 0.29) is 11.8 Å². The summed E-state index contributed by atoms with van der Waals surface area (Å²) in [5.74, 6) is -0.768. The molecule has 5 rings (SSSR count). The third kappa shape index (κ3) is 4.21. The predicted octanol–water partition coefficient (Wildman–Crippen LogP) is 5.78. The average Bonchev–Trinajstić information content (AvgIpc) is 3.53. The number of amides is 2. The summed E-state index contributed by atoms with van der Waals surface area (Å²) in [7, 11) is 1.54. The number of H-pyrrole nitrogens is 1. The molecule has 0 atom stereocenters. The largest absolute Gasteiger partial charge is 0.454 e. The number of carbonyl (C=O) groups is 2. The van der Waals surface area contributed by atoms with Crippen LogP contribution in [0.1, 0.15) is 34.6 Å². The van der Waals surface area contributed by atoms with Crippen LogP contribution in [0, 0.1) is 17.1 Å². The summed E-state index contributed by atoms with van der Waals surface area (Å²) in [6.07, 6.45) is 1.78. The van der Waals surface area contributed by atoms with Gasteiger partial charge in [-0.15, -0.1) is 0 Å². The summed E-state index contributed by atoms with van der Waals surface area (Å²) in [6.45, 7) is 3.26. The molecule has 0 aliphatic rings. The Morgan fingerprint density at radius 2 is 1.76 bits per heavy atom. The van der Waals surface area contributed by atoms with Crippen LogP contribution in [0.4, 0.5) is 4.39 Å². The van der Waals surface area contributed by atoms with Crippen LogP contribution < -0.4 is 10.6 Å². The lowest BCUT2D eigenvalue weighted by molar-refractivity contribution is 0.0927. The molecule has 0 saturated carbocycles. The van der Waals surface area contributed by atoms with Gasteiger partial charge in [-0.1, -0.05) is 12.1 Å². The number of nitriles is 1. The van der Waals surface area contributed by atoms with Crippen molar-refractivity contribution in [3.8, 4) is 28.5 Å². The van der Waals surface area contributed by atoms with Crippen molar-refractivity contribution in [1.82, 2.24) is 15.6 Å². The fraction of sp³-hybridized carbons (Fsp3) is 0.138. The first kappa shape index (κ1) is 23.8. The van der Waals surface area contributed by atoms with Crippen LogP contribution in [0.25, 0.3) is 44.3 Å². The van der Waals surface area contributed by atoms with Crippen molar-refractivity contribution >= 4 is 33.7 Å². The van der Waals surface area contributed by atoms with Crippen molar-refractivity contribution in [1.29, 1.82) is 5.26 Å². The van der Waals surface area contributed by atoms with Crippen LogP contribution in [-0.4, -0.2) is 29.4 Å². The van der Waals surface area contributed by atoms with E-state index in [0.717, 1.165) is 22.0 Å². The summed E-state index contributed by atoms with van der Waals surface area (Å²) < 4.78 is 19.8. The number of nitrogens with one attached hydrogen (secondary N) is 3. The predicted molar refractivity (Wildman–Crippen MR) is 139 cm³/mol. The Morgan fingerprint density at radius 1 is 1.00 bits per heavy atom. The Kier molecular flexibility index (Phi) is 5.76. The minimum atomic E-state index is -1.02. The van der Waals surface area contributed by atoms with Crippen molar-refractivity contribution in [2.24, 2.45) is 0 Å². The lowest BCUT2D eigenvalue weighted by Gasteiger charge is -2.17. The van der Waals surface area contributed by atoms with E-state index in [2.05, 4.69) is 21.7 Å². The molecule has 0 aliphatic heterocycles. The SMILES string of the molecule is CNC(=O)c1c(-c2ccc(F)cc2)oc2c1cc(-c1cccc(C(=O)NC(C)(C)C#N)c1)c1[nH]ccc12. The molecule has 3 N–H and O–H groups in total. The molecule has 2 amide bonds. The normalized spacial score (nSPS) is 11.4. The first-order valence-electron chi connectivity index (χ1n) is 11.6. The lowest BCUT2D eigenvalue weighted by Crippen LogP contribution is -2.42. The van der Waals surface area contributed by atoms with Crippen molar-refractivity contribution in [3.63, 3.8) is 0 Å². The van der Waals surface area contributed by atoms with E-state index < -0.39 is 11.4 Å². The molecule has 0 bridgehead atoms. The Hall–Kier alpha value is -4.90. The van der Waals surface area contributed by atoms with E-state index in [0.29, 0.717) is 33.4 Å². The molecule has 0 aliphatic carbocycles. The molecule has 37 heavy (non-hydrogen) atoms. The van der Waals surface area contributed by atoms with Gasteiger partial charge in [0, 0.05) is 40.7 Å². The molecule has 5 aromatic rings. The smallest absolute Gasteiger partial charge is 0.255 e. The van der Waals surface area contributed by atoms with Crippen LogP contribution >= 0.6 is 0 Å². The minimum absolute atomic E-state index is 0.332. The molecule has 2 aromatic heterocycles. The molecule has 0 radical (unpaired) electrons. The van der Waals surface area contributed by atoms with Gasteiger partial charge in [-0.3, -0.25) is 9.59 Å². The van der Waals surface area contributed by atoms with Crippen molar-refractivity contribution < 1.29 is 18.4 Å². The monoisotopic (exact) mass is 494 g/mol. The van der Waals surface area contributed by atoms with Gasteiger partial charge in [0.05, 0.1) is 17.1 Å². The van der Waals surface area contributed by atoms with E-state index in [4.69, 9.17) is 4.42 Å². The second kappa shape index (κ2) is 8.95. The van der Waals surface area contributed by atoms with Crippen LogP contribution in [0.15, 0.2) is 71.3 Å². The van der Waals surface area contributed by atoms with Crippen LogP contribution in [0.5, 0.6) is 0 Å². The fourth-order valence-electron chi connectivity index (χ4n) is 4.37. The lowest BCUT2D eigenvalue weighted by atomic mass is 9.96. The molecule has 0 unspecified atom stereocenters. The molecular formula is C29H23FN4O3. The second-order valence-corrected chi connectivity index (χ2v) is 9.23. The zero-order valence-corrected chi connectivity index (χ0v) is 20.4. The van der Waals surface area contributed by atoms with E-state index >= 15 is 0 Å². The van der Waals surface area contributed by atoms with Gasteiger partial charge in [-0.2, -0.15) is 5.26 Å². The van der Waals surface area contributed by atoms with Crippen LogP contribution in [0.3, 0.4) is 0 Å². The van der Waals surface area contributed by atoms with Gasteiger partial charge in [0.1, 0.15) is 22.7 Å². The van der Waals surface area contributed by atoms with E-state index in [1.807, 2.05) is 18.2 Å². The molecule has 8 heteroatoms. The highest BCUT2D eigenvalue weighted by Crippen LogP contribution is 2.41. The third-order valence-corrected chi connectivity index (χ3v) is 6.20. The maximum absolute atomic E-state index is 13.6. The number of nitrogens with zero attached hydrogens (tertiary/aromatic N) is 1. The molecule has 0 fully saturated rings. The highest BCUT2D eigenvalue weighted by molar-refractivity contribution is 6.19. The number of carbonyl (C=O) groups excluding carboxylic acids is 2. The Morgan fingerprint density at radius 3 is 2.46 bits per heavy atom. The number of rotatable bonds is 5. The van der Waals surface area contributed by atoms with E-state index in [1.54, 1.807) is 50.4 Å². The van der Waals surface area contributed by atoms with Gasteiger partial charge in [-0.25, -0.2) is 4.39 Å². The number of hydrogen-bond donors (Lipinski definition) is 3. The van der Waals surface area contributed by atoms with Gasteiger partial charge < -0.3 is 20.0 Å². The maximum Gasteiger partial charge on any atom is 0.255 e. The molecular weight excluding hydrogens is 471 g/mol. The molecule has 0 saturated heterocycles. The highest BCUT2D eigenvalue weighted by Gasteiger charge is 2.25. The summed E-state index contributed by atoms with van der Waals surface area (Å²) in [6, 6.07) is 18.6. The number of halogens is 1. The topological polar surface area (TPSA) is 111 Å². The molecule has 3 aromatic carbocycles. The maximum atomic E-state index is 13.6. The average molecular weight is 495 g/mol. The zero-order chi connectivity index (χ0) is 26.3. The number of hydrogen-bond acceptors (Lipinski definition) is 4. The summed E-state index contributed by atoms with van der Waals surface area (Å²) in [5, 5.41) is 16.0. The number of furan rings is 1. The molecule has 2 heterocycles. The van der Waals surface area contributed by atoms with E-state index in [9.17, 15) is 19.2 Å². The van der Waals surface area contributed by atoms with E-state index in [1.165, 1.54) is 19.2 Å². The molecule has 7 nitrogen and oxygen atoms in total. The first-order valence-corrected chi connectivity index (χ1v) is 11.6. The quantitative estimate of drug-likeness (QED) is 0.288. The minimum Gasteiger partial charge on any atom is -0.454 e. The van der Waals surface area contributed by atoms with Gasteiger partial charge >= 0.3 is 0 Å².